The molecule has 0 bridgehead atoms. The second-order valence-corrected chi connectivity index (χ2v) is 4.59. The molecular weight excluding hydrogens is 236 g/mol. The SMILES string of the molecule is [NH3+]CCN1C(=O)SC(=Cc2ccccc2)C1=O. The summed E-state index contributed by atoms with van der Waals surface area (Å²) in [5, 5.41) is -0.208. The number of quaternary nitrogens is 1. The molecule has 1 aromatic carbocycles. The smallest absolute Gasteiger partial charge is 0.293 e. The van der Waals surface area contributed by atoms with E-state index in [0.29, 0.717) is 18.0 Å². The number of benzene rings is 1. The third-order valence-corrected chi connectivity index (χ3v) is 3.26. The first-order valence-electron chi connectivity index (χ1n) is 5.32. The highest BCUT2D eigenvalue weighted by molar-refractivity contribution is 8.18. The fourth-order valence-corrected chi connectivity index (χ4v) is 2.42. The largest absolute Gasteiger partial charge is 0.356 e. The molecule has 0 unspecified atom stereocenters. The fraction of sp³-hybridized carbons (Fsp3) is 0.167. The molecule has 0 aliphatic carbocycles. The van der Waals surface area contributed by atoms with Crippen molar-refractivity contribution in [2.45, 2.75) is 0 Å². The quantitative estimate of drug-likeness (QED) is 0.812. The van der Waals surface area contributed by atoms with Crippen LogP contribution in [0, 0.1) is 0 Å². The van der Waals surface area contributed by atoms with Gasteiger partial charge >= 0.3 is 0 Å². The Kier molecular flexibility index (Phi) is 3.61. The van der Waals surface area contributed by atoms with Crippen molar-refractivity contribution in [2.24, 2.45) is 0 Å². The summed E-state index contributed by atoms with van der Waals surface area (Å²) in [4.78, 5) is 25.2. The molecule has 0 atom stereocenters. The summed E-state index contributed by atoms with van der Waals surface area (Å²) in [6.45, 7) is 0.924. The van der Waals surface area contributed by atoms with Crippen molar-refractivity contribution >= 4 is 29.0 Å². The lowest BCUT2D eigenvalue weighted by Gasteiger charge is -2.08. The number of imide groups is 1. The van der Waals surface area contributed by atoms with E-state index in [9.17, 15) is 9.59 Å². The van der Waals surface area contributed by atoms with Crippen LogP contribution in [-0.4, -0.2) is 29.1 Å². The highest BCUT2D eigenvalue weighted by atomic mass is 32.2. The van der Waals surface area contributed by atoms with Crippen LogP contribution >= 0.6 is 11.8 Å². The Hall–Kier alpha value is -1.59. The summed E-state index contributed by atoms with van der Waals surface area (Å²) in [5.74, 6) is -0.215. The number of amides is 2. The number of hydrogen-bond acceptors (Lipinski definition) is 3. The summed E-state index contributed by atoms with van der Waals surface area (Å²) < 4.78 is 0. The molecule has 88 valence electrons. The van der Waals surface area contributed by atoms with E-state index in [1.807, 2.05) is 30.3 Å². The van der Waals surface area contributed by atoms with Gasteiger partial charge in [0.25, 0.3) is 11.1 Å². The average molecular weight is 249 g/mol. The van der Waals surface area contributed by atoms with Crippen LogP contribution in [0.1, 0.15) is 5.56 Å². The van der Waals surface area contributed by atoms with Crippen LogP contribution in [0.4, 0.5) is 4.79 Å². The maximum atomic E-state index is 11.9. The van der Waals surface area contributed by atoms with Crippen molar-refractivity contribution in [1.82, 2.24) is 4.90 Å². The van der Waals surface area contributed by atoms with Crippen molar-refractivity contribution in [2.75, 3.05) is 13.1 Å². The van der Waals surface area contributed by atoms with E-state index in [2.05, 4.69) is 5.73 Å². The molecule has 2 rings (SSSR count). The molecule has 5 heteroatoms. The highest BCUT2D eigenvalue weighted by Crippen LogP contribution is 2.31. The molecule has 1 aliphatic rings. The first kappa shape index (κ1) is 11.9. The van der Waals surface area contributed by atoms with E-state index < -0.39 is 0 Å². The van der Waals surface area contributed by atoms with Gasteiger partial charge in [0.2, 0.25) is 0 Å². The zero-order chi connectivity index (χ0) is 12.3. The van der Waals surface area contributed by atoms with Gasteiger partial charge in [0, 0.05) is 0 Å². The van der Waals surface area contributed by atoms with Crippen molar-refractivity contribution < 1.29 is 15.3 Å². The zero-order valence-electron chi connectivity index (χ0n) is 9.26. The molecule has 0 radical (unpaired) electrons. The standard InChI is InChI=1S/C12H12N2O2S/c13-6-7-14-11(15)10(17-12(14)16)8-9-4-2-1-3-5-9/h1-5,8H,6-7,13H2/p+1. The molecule has 17 heavy (non-hydrogen) atoms. The zero-order valence-corrected chi connectivity index (χ0v) is 10.1. The topological polar surface area (TPSA) is 65.0 Å². The second kappa shape index (κ2) is 5.16. The van der Waals surface area contributed by atoms with Crippen LogP contribution in [0.15, 0.2) is 35.2 Å². The molecule has 3 N–H and O–H groups in total. The number of hydrogen-bond donors (Lipinski definition) is 1. The summed E-state index contributed by atoms with van der Waals surface area (Å²) in [5.41, 5.74) is 4.58. The summed E-state index contributed by atoms with van der Waals surface area (Å²) in [6, 6.07) is 9.49. The van der Waals surface area contributed by atoms with E-state index in [1.165, 1.54) is 4.90 Å². The van der Waals surface area contributed by atoms with Crippen molar-refractivity contribution in [1.29, 1.82) is 0 Å². The molecule has 1 saturated heterocycles. The number of thioether (sulfide) groups is 1. The molecule has 1 aliphatic heterocycles. The van der Waals surface area contributed by atoms with Crippen molar-refractivity contribution in [3.63, 3.8) is 0 Å². The van der Waals surface area contributed by atoms with E-state index in [1.54, 1.807) is 6.08 Å². The minimum atomic E-state index is -0.215. The molecule has 0 saturated carbocycles. The maximum absolute atomic E-state index is 11.9. The predicted octanol–water partition coefficient (Wildman–Crippen LogP) is 0.965. The van der Waals surface area contributed by atoms with Gasteiger partial charge in [-0.1, -0.05) is 30.3 Å². The second-order valence-electron chi connectivity index (χ2n) is 3.60. The Labute approximate surface area is 103 Å². The summed E-state index contributed by atoms with van der Waals surface area (Å²) in [7, 11) is 0. The van der Waals surface area contributed by atoms with Crippen LogP contribution in [0.5, 0.6) is 0 Å². The molecule has 0 aromatic heterocycles. The Morgan fingerprint density at radius 2 is 1.94 bits per heavy atom. The Morgan fingerprint density at radius 3 is 2.59 bits per heavy atom. The van der Waals surface area contributed by atoms with Gasteiger partial charge < -0.3 is 5.73 Å². The lowest BCUT2D eigenvalue weighted by atomic mass is 10.2. The summed E-state index contributed by atoms with van der Waals surface area (Å²) >= 11 is 0.987. The third-order valence-electron chi connectivity index (χ3n) is 2.35. The van der Waals surface area contributed by atoms with Crippen molar-refractivity contribution in [3.8, 4) is 0 Å². The molecular formula is C12H13N2O2S+. The molecule has 4 nitrogen and oxygen atoms in total. The monoisotopic (exact) mass is 249 g/mol. The fourth-order valence-electron chi connectivity index (χ4n) is 1.55. The normalized spacial score (nSPS) is 18.2. The first-order chi connectivity index (χ1) is 8.22. The van der Waals surface area contributed by atoms with Gasteiger partial charge in [-0.3, -0.25) is 14.5 Å². The number of rotatable bonds is 3. The molecule has 1 heterocycles. The lowest BCUT2D eigenvalue weighted by Crippen LogP contribution is -2.55. The molecule has 1 aromatic rings. The first-order valence-corrected chi connectivity index (χ1v) is 6.13. The van der Waals surface area contributed by atoms with E-state index in [4.69, 9.17) is 0 Å². The Balaban J connectivity index is 2.22. The van der Waals surface area contributed by atoms with Gasteiger partial charge in [0.05, 0.1) is 18.0 Å². The molecule has 0 spiro atoms. The Bertz CT molecular complexity index is 471. The molecule has 1 fully saturated rings. The van der Waals surface area contributed by atoms with Crippen LogP contribution < -0.4 is 5.73 Å². The van der Waals surface area contributed by atoms with Gasteiger partial charge in [0.1, 0.15) is 0 Å². The highest BCUT2D eigenvalue weighted by Gasteiger charge is 2.34. The van der Waals surface area contributed by atoms with Gasteiger partial charge in [-0.2, -0.15) is 0 Å². The van der Waals surface area contributed by atoms with Crippen LogP contribution in [-0.2, 0) is 4.79 Å². The minimum Gasteiger partial charge on any atom is -0.356 e. The van der Waals surface area contributed by atoms with Gasteiger partial charge in [-0.15, -0.1) is 0 Å². The van der Waals surface area contributed by atoms with Gasteiger partial charge in [-0.05, 0) is 23.4 Å². The van der Waals surface area contributed by atoms with E-state index in [0.717, 1.165) is 17.3 Å². The number of carbonyl (C=O) groups excluding carboxylic acids is 2. The van der Waals surface area contributed by atoms with Gasteiger partial charge in [0.15, 0.2) is 0 Å². The van der Waals surface area contributed by atoms with E-state index in [-0.39, 0.29) is 11.1 Å². The third kappa shape index (κ3) is 2.57. The molecule has 2 amide bonds. The van der Waals surface area contributed by atoms with Crippen LogP contribution in [0.3, 0.4) is 0 Å². The minimum absolute atomic E-state index is 0.208. The van der Waals surface area contributed by atoms with E-state index >= 15 is 0 Å². The number of carbonyl (C=O) groups is 2. The van der Waals surface area contributed by atoms with Crippen LogP contribution in [0.2, 0.25) is 0 Å². The van der Waals surface area contributed by atoms with Crippen molar-refractivity contribution in [3.05, 3.63) is 40.8 Å². The summed E-state index contributed by atoms with van der Waals surface area (Å²) in [6.07, 6.45) is 1.74. The number of nitrogens with zero attached hydrogens (tertiary/aromatic N) is 1. The predicted molar refractivity (Wildman–Crippen MR) is 66.9 cm³/mol. The Morgan fingerprint density at radius 1 is 1.24 bits per heavy atom. The van der Waals surface area contributed by atoms with Gasteiger partial charge in [-0.25, -0.2) is 0 Å². The van der Waals surface area contributed by atoms with Crippen LogP contribution in [0.25, 0.3) is 6.08 Å². The average Bonchev–Trinajstić information content (AvgIpc) is 2.59. The maximum Gasteiger partial charge on any atom is 0.293 e. The lowest BCUT2D eigenvalue weighted by molar-refractivity contribution is -0.367.